The Kier molecular flexibility index (Phi) is 5.27. The van der Waals surface area contributed by atoms with Crippen LogP contribution in [0.4, 0.5) is 5.69 Å². The van der Waals surface area contributed by atoms with Crippen LogP contribution < -0.4 is 10.6 Å². The molecule has 0 aromatic heterocycles. The first-order valence-electron chi connectivity index (χ1n) is 6.14. The van der Waals surface area contributed by atoms with Gasteiger partial charge in [0.05, 0.1) is 6.54 Å². The minimum absolute atomic E-state index is 0.0834. The number of carbonyl (C=O) groups is 1. The fourth-order valence-electron chi connectivity index (χ4n) is 1.65. The van der Waals surface area contributed by atoms with Gasteiger partial charge in [-0.05, 0) is 35.9 Å². The van der Waals surface area contributed by atoms with Gasteiger partial charge < -0.3 is 10.6 Å². The van der Waals surface area contributed by atoms with Crippen molar-refractivity contribution in [3.05, 3.63) is 64.1 Å². The van der Waals surface area contributed by atoms with E-state index in [1.807, 2.05) is 24.3 Å². The number of hydrogen-bond acceptors (Lipinski definition) is 2. The van der Waals surface area contributed by atoms with E-state index in [1.54, 1.807) is 24.3 Å². The van der Waals surface area contributed by atoms with Crippen LogP contribution in [-0.4, -0.2) is 12.5 Å². The van der Waals surface area contributed by atoms with Gasteiger partial charge in [0.2, 0.25) is 5.91 Å². The molecule has 0 aliphatic heterocycles. The van der Waals surface area contributed by atoms with E-state index in [0.29, 0.717) is 16.6 Å². The third-order valence-corrected chi connectivity index (χ3v) is 3.17. The van der Waals surface area contributed by atoms with Gasteiger partial charge in [0.25, 0.3) is 0 Å². The van der Waals surface area contributed by atoms with Gasteiger partial charge in [-0.3, -0.25) is 4.79 Å². The zero-order valence-electron chi connectivity index (χ0n) is 10.7. The van der Waals surface area contributed by atoms with E-state index < -0.39 is 0 Å². The van der Waals surface area contributed by atoms with Crippen molar-refractivity contribution in [1.82, 2.24) is 5.32 Å². The molecule has 2 rings (SSSR count). The first-order valence-corrected chi connectivity index (χ1v) is 6.89. The molecule has 2 aromatic rings. The number of nitrogens with one attached hydrogen (secondary N) is 2. The van der Waals surface area contributed by atoms with Crippen LogP contribution in [0.5, 0.6) is 0 Å². The number of rotatable bonds is 5. The molecular weight excluding hydrogens is 295 g/mol. The lowest BCUT2D eigenvalue weighted by molar-refractivity contribution is -0.119. The van der Waals surface area contributed by atoms with Crippen molar-refractivity contribution >= 4 is 34.8 Å². The fraction of sp³-hybridized carbons (Fsp3) is 0.133. The molecule has 2 N–H and O–H groups in total. The lowest BCUT2D eigenvalue weighted by atomic mass is 10.2. The number of benzene rings is 2. The topological polar surface area (TPSA) is 41.1 Å². The summed E-state index contributed by atoms with van der Waals surface area (Å²) in [7, 11) is 0. The van der Waals surface area contributed by atoms with Crippen molar-refractivity contribution in [3.8, 4) is 0 Å². The second-order valence-electron chi connectivity index (χ2n) is 4.27. The summed E-state index contributed by atoms with van der Waals surface area (Å²) in [5.41, 5.74) is 1.82. The quantitative estimate of drug-likeness (QED) is 0.884. The van der Waals surface area contributed by atoms with E-state index in [2.05, 4.69) is 10.6 Å². The predicted molar refractivity (Wildman–Crippen MR) is 83.2 cm³/mol. The molecule has 0 saturated carbocycles. The fourth-order valence-corrected chi connectivity index (χ4v) is 1.96. The van der Waals surface area contributed by atoms with E-state index in [0.717, 1.165) is 11.3 Å². The van der Waals surface area contributed by atoms with Crippen molar-refractivity contribution in [1.29, 1.82) is 0 Å². The van der Waals surface area contributed by atoms with E-state index >= 15 is 0 Å². The Bertz CT molecular complexity index is 585. The second-order valence-corrected chi connectivity index (χ2v) is 5.14. The van der Waals surface area contributed by atoms with Crippen LogP contribution in [0.15, 0.2) is 48.5 Å². The van der Waals surface area contributed by atoms with E-state index in [1.165, 1.54) is 0 Å². The van der Waals surface area contributed by atoms with Crippen LogP contribution in [0.3, 0.4) is 0 Å². The van der Waals surface area contributed by atoms with Crippen LogP contribution in [0, 0.1) is 0 Å². The van der Waals surface area contributed by atoms with E-state index in [9.17, 15) is 4.79 Å². The summed E-state index contributed by atoms with van der Waals surface area (Å²) < 4.78 is 0. The van der Waals surface area contributed by atoms with Crippen molar-refractivity contribution < 1.29 is 4.79 Å². The first kappa shape index (κ1) is 14.7. The molecule has 3 nitrogen and oxygen atoms in total. The largest absolute Gasteiger partial charge is 0.376 e. The molecule has 104 valence electrons. The van der Waals surface area contributed by atoms with Crippen molar-refractivity contribution in [2.75, 3.05) is 11.9 Å². The third kappa shape index (κ3) is 4.76. The molecule has 0 saturated heterocycles. The van der Waals surface area contributed by atoms with Crippen molar-refractivity contribution in [2.45, 2.75) is 6.54 Å². The van der Waals surface area contributed by atoms with Crippen LogP contribution in [-0.2, 0) is 11.3 Å². The standard InChI is InChI=1S/C15H14Cl2N2O/c16-12-6-4-11(5-7-12)9-19-15(20)10-18-14-3-1-2-13(17)8-14/h1-8,18H,9-10H2,(H,19,20). The Balaban J connectivity index is 1.77. The molecule has 0 unspecified atom stereocenters. The zero-order valence-corrected chi connectivity index (χ0v) is 12.2. The Morgan fingerprint density at radius 3 is 2.45 bits per heavy atom. The van der Waals surface area contributed by atoms with Gasteiger partial charge >= 0.3 is 0 Å². The average Bonchev–Trinajstić information content (AvgIpc) is 2.45. The summed E-state index contributed by atoms with van der Waals surface area (Å²) in [4.78, 5) is 11.7. The monoisotopic (exact) mass is 308 g/mol. The summed E-state index contributed by atoms with van der Waals surface area (Å²) in [5, 5.41) is 7.16. The molecule has 0 spiro atoms. The van der Waals surface area contributed by atoms with Crippen LogP contribution in [0.1, 0.15) is 5.56 Å². The Morgan fingerprint density at radius 2 is 1.75 bits per heavy atom. The highest BCUT2D eigenvalue weighted by Crippen LogP contribution is 2.14. The van der Waals surface area contributed by atoms with E-state index in [4.69, 9.17) is 23.2 Å². The third-order valence-electron chi connectivity index (χ3n) is 2.68. The van der Waals surface area contributed by atoms with E-state index in [-0.39, 0.29) is 12.5 Å². The maximum absolute atomic E-state index is 11.7. The molecule has 0 radical (unpaired) electrons. The van der Waals surface area contributed by atoms with Crippen LogP contribution in [0.25, 0.3) is 0 Å². The summed E-state index contributed by atoms with van der Waals surface area (Å²) in [6.07, 6.45) is 0. The van der Waals surface area contributed by atoms with Gasteiger partial charge in [-0.2, -0.15) is 0 Å². The predicted octanol–water partition coefficient (Wildman–Crippen LogP) is 3.72. The Hall–Kier alpha value is -1.71. The molecule has 20 heavy (non-hydrogen) atoms. The number of hydrogen-bond donors (Lipinski definition) is 2. The minimum atomic E-state index is -0.0834. The summed E-state index contributed by atoms with van der Waals surface area (Å²) in [6.45, 7) is 0.682. The molecule has 0 atom stereocenters. The molecule has 0 fully saturated rings. The van der Waals surface area contributed by atoms with Gasteiger partial charge in [0.1, 0.15) is 0 Å². The van der Waals surface area contributed by atoms with Crippen molar-refractivity contribution in [3.63, 3.8) is 0 Å². The minimum Gasteiger partial charge on any atom is -0.376 e. The number of halogens is 2. The molecule has 0 bridgehead atoms. The van der Waals surface area contributed by atoms with Crippen LogP contribution in [0.2, 0.25) is 10.0 Å². The Morgan fingerprint density at radius 1 is 1.00 bits per heavy atom. The van der Waals surface area contributed by atoms with Gasteiger partial charge in [0.15, 0.2) is 0 Å². The Labute approximate surface area is 127 Å². The van der Waals surface area contributed by atoms with Gasteiger partial charge in [-0.15, -0.1) is 0 Å². The summed E-state index contributed by atoms with van der Waals surface area (Å²) >= 11 is 11.7. The normalized spacial score (nSPS) is 10.1. The number of anilines is 1. The van der Waals surface area contributed by atoms with Crippen LogP contribution >= 0.6 is 23.2 Å². The highest BCUT2D eigenvalue weighted by Gasteiger charge is 2.01. The lowest BCUT2D eigenvalue weighted by Gasteiger charge is -2.08. The van der Waals surface area contributed by atoms with Gasteiger partial charge in [-0.25, -0.2) is 0 Å². The molecule has 0 heterocycles. The summed E-state index contributed by atoms with van der Waals surface area (Å²) in [5.74, 6) is -0.0834. The molecule has 2 aromatic carbocycles. The maximum atomic E-state index is 11.7. The summed E-state index contributed by atoms with van der Waals surface area (Å²) in [6, 6.07) is 14.6. The second kappa shape index (κ2) is 7.17. The molecule has 0 aliphatic rings. The highest BCUT2D eigenvalue weighted by molar-refractivity contribution is 6.31. The molecule has 5 heteroatoms. The average molecular weight is 309 g/mol. The zero-order chi connectivity index (χ0) is 14.4. The van der Waals surface area contributed by atoms with Gasteiger partial charge in [-0.1, -0.05) is 41.4 Å². The molecule has 1 amide bonds. The number of carbonyl (C=O) groups excluding carboxylic acids is 1. The number of amides is 1. The smallest absolute Gasteiger partial charge is 0.239 e. The van der Waals surface area contributed by atoms with Gasteiger partial charge in [0, 0.05) is 22.3 Å². The SMILES string of the molecule is O=C(CNc1cccc(Cl)c1)NCc1ccc(Cl)cc1. The molecule has 0 aliphatic carbocycles. The first-order chi connectivity index (χ1) is 9.63. The molecular formula is C15H14Cl2N2O. The highest BCUT2D eigenvalue weighted by atomic mass is 35.5. The lowest BCUT2D eigenvalue weighted by Crippen LogP contribution is -2.29. The maximum Gasteiger partial charge on any atom is 0.239 e. The van der Waals surface area contributed by atoms with Crippen molar-refractivity contribution in [2.24, 2.45) is 0 Å².